The molecule has 0 aliphatic rings. The van der Waals surface area contributed by atoms with Gasteiger partial charge in [0.05, 0.1) is 5.75 Å². The van der Waals surface area contributed by atoms with Crippen LogP contribution in [0, 0.1) is 0 Å². The standard InChI is InChI=1S/C10H21N3SSi/c1-5-13-10(11-9-12-13)8-14-6-7-15(2,3)4/h9H,5-8H2,1-4H3. The zero-order chi connectivity index (χ0) is 11.3. The summed E-state index contributed by atoms with van der Waals surface area (Å²) in [6.45, 7) is 10.3. The molecule has 15 heavy (non-hydrogen) atoms. The fourth-order valence-corrected chi connectivity index (χ4v) is 4.78. The van der Waals surface area contributed by atoms with E-state index in [0.717, 1.165) is 18.1 Å². The molecule has 1 aromatic heterocycles. The van der Waals surface area contributed by atoms with E-state index >= 15 is 0 Å². The van der Waals surface area contributed by atoms with Gasteiger partial charge in [-0.15, -0.1) is 0 Å². The molecule has 0 aliphatic heterocycles. The van der Waals surface area contributed by atoms with Crippen LogP contribution in [0.3, 0.4) is 0 Å². The molecule has 0 aromatic carbocycles. The van der Waals surface area contributed by atoms with Gasteiger partial charge in [0.15, 0.2) is 0 Å². The van der Waals surface area contributed by atoms with Crippen molar-refractivity contribution in [2.75, 3.05) is 5.75 Å². The van der Waals surface area contributed by atoms with Crippen molar-refractivity contribution in [2.45, 2.75) is 44.9 Å². The van der Waals surface area contributed by atoms with Crippen molar-refractivity contribution in [3.05, 3.63) is 12.2 Å². The Morgan fingerprint density at radius 2 is 2.13 bits per heavy atom. The SMILES string of the molecule is CCn1ncnc1CSCC[Si](C)(C)C. The van der Waals surface area contributed by atoms with Crippen LogP contribution in [0.25, 0.3) is 0 Å². The fraction of sp³-hybridized carbons (Fsp3) is 0.800. The molecule has 0 saturated carbocycles. The Morgan fingerprint density at radius 1 is 1.40 bits per heavy atom. The molecule has 1 rings (SSSR count). The van der Waals surface area contributed by atoms with Crippen LogP contribution >= 0.6 is 11.8 Å². The Hall–Kier alpha value is -0.293. The summed E-state index contributed by atoms with van der Waals surface area (Å²) in [5, 5.41) is 4.16. The van der Waals surface area contributed by atoms with Crippen LogP contribution in [0.15, 0.2) is 6.33 Å². The minimum absolute atomic E-state index is 0.865. The molecule has 0 radical (unpaired) electrons. The third-order valence-electron chi connectivity index (χ3n) is 2.22. The molecule has 0 saturated heterocycles. The Bertz CT molecular complexity index is 293. The minimum atomic E-state index is -0.865. The molecular formula is C10H21N3SSi. The number of aromatic nitrogens is 3. The lowest BCUT2D eigenvalue weighted by molar-refractivity contribution is 0.632. The molecule has 0 fully saturated rings. The summed E-state index contributed by atoms with van der Waals surface area (Å²) in [5.41, 5.74) is 0. The van der Waals surface area contributed by atoms with Crippen LogP contribution in [0.2, 0.25) is 25.7 Å². The summed E-state index contributed by atoms with van der Waals surface area (Å²) in [4.78, 5) is 4.26. The van der Waals surface area contributed by atoms with E-state index in [1.165, 1.54) is 11.8 Å². The molecule has 0 atom stereocenters. The van der Waals surface area contributed by atoms with Crippen LogP contribution in [-0.4, -0.2) is 28.6 Å². The average molecular weight is 243 g/mol. The number of hydrogen-bond donors (Lipinski definition) is 0. The van der Waals surface area contributed by atoms with Gasteiger partial charge >= 0.3 is 0 Å². The summed E-state index contributed by atoms with van der Waals surface area (Å²) in [6, 6.07) is 1.39. The second kappa shape index (κ2) is 5.70. The molecule has 0 spiro atoms. The Kier molecular flexibility index (Phi) is 4.85. The van der Waals surface area contributed by atoms with Crippen molar-refractivity contribution in [3.63, 3.8) is 0 Å². The maximum absolute atomic E-state index is 4.26. The average Bonchev–Trinajstić information content (AvgIpc) is 2.58. The van der Waals surface area contributed by atoms with Gasteiger partial charge in [-0.05, 0) is 18.7 Å². The molecule has 0 bridgehead atoms. The normalized spacial score (nSPS) is 12.0. The first kappa shape index (κ1) is 12.8. The van der Waals surface area contributed by atoms with Gasteiger partial charge in [0.2, 0.25) is 0 Å². The highest BCUT2D eigenvalue weighted by molar-refractivity contribution is 7.98. The predicted octanol–water partition coefficient (Wildman–Crippen LogP) is 2.87. The largest absolute Gasteiger partial charge is 0.250 e. The van der Waals surface area contributed by atoms with Crippen LogP contribution in [-0.2, 0) is 12.3 Å². The van der Waals surface area contributed by atoms with E-state index in [1.807, 2.05) is 16.4 Å². The molecule has 5 heteroatoms. The fourth-order valence-electron chi connectivity index (χ4n) is 1.21. The highest BCUT2D eigenvalue weighted by Gasteiger charge is 2.12. The van der Waals surface area contributed by atoms with E-state index in [0.29, 0.717) is 0 Å². The van der Waals surface area contributed by atoms with E-state index in [4.69, 9.17) is 0 Å². The van der Waals surface area contributed by atoms with Crippen LogP contribution in [0.1, 0.15) is 12.7 Å². The lowest BCUT2D eigenvalue weighted by Gasteiger charge is -2.14. The number of thioether (sulfide) groups is 1. The first-order chi connectivity index (χ1) is 7.03. The van der Waals surface area contributed by atoms with Crippen molar-refractivity contribution in [1.29, 1.82) is 0 Å². The van der Waals surface area contributed by atoms with Crippen molar-refractivity contribution >= 4 is 19.8 Å². The Morgan fingerprint density at radius 3 is 2.73 bits per heavy atom. The quantitative estimate of drug-likeness (QED) is 0.568. The summed E-state index contributed by atoms with van der Waals surface area (Å²) in [7, 11) is -0.865. The highest BCUT2D eigenvalue weighted by Crippen LogP contribution is 2.16. The first-order valence-corrected chi connectivity index (χ1v) is 10.3. The molecule has 0 amide bonds. The van der Waals surface area contributed by atoms with Crippen LogP contribution in [0.4, 0.5) is 0 Å². The van der Waals surface area contributed by atoms with Crippen LogP contribution < -0.4 is 0 Å². The van der Waals surface area contributed by atoms with Gasteiger partial charge in [0, 0.05) is 14.6 Å². The van der Waals surface area contributed by atoms with E-state index in [1.54, 1.807) is 6.33 Å². The number of aryl methyl sites for hydroxylation is 1. The van der Waals surface area contributed by atoms with Crippen molar-refractivity contribution < 1.29 is 0 Å². The number of hydrogen-bond acceptors (Lipinski definition) is 3. The maximum atomic E-state index is 4.26. The van der Waals surface area contributed by atoms with Crippen molar-refractivity contribution in [3.8, 4) is 0 Å². The molecule has 0 N–H and O–H groups in total. The monoisotopic (exact) mass is 243 g/mol. The van der Waals surface area contributed by atoms with Crippen molar-refractivity contribution in [1.82, 2.24) is 14.8 Å². The van der Waals surface area contributed by atoms with Gasteiger partial charge in [-0.1, -0.05) is 19.6 Å². The molecule has 0 aliphatic carbocycles. The summed E-state index contributed by atoms with van der Waals surface area (Å²) in [6.07, 6.45) is 1.65. The van der Waals surface area contributed by atoms with Gasteiger partial charge in [-0.3, -0.25) is 0 Å². The Balaban J connectivity index is 2.26. The van der Waals surface area contributed by atoms with Crippen LogP contribution in [0.5, 0.6) is 0 Å². The third-order valence-corrected chi connectivity index (χ3v) is 5.29. The smallest absolute Gasteiger partial charge is 0.138 e. The summed E-state index contributed by atoms with van der Waals surface area (Å²) < 4.78 is 1.97. The summed E-state index contributed by atoms with van der Waals surface area (Å²) in [5.74, 6) is 3.36. The van der Waals surface area contributed by atoms with E-state index < -0.39 is 8.07 Å². The minimum Gasteiger partial charge on any atom is -0.250 e. The molecule has 1 heterocycles. The zero-order valence-electron chi connectivity index (χ0n) is 10.2. The highest BCUT2D eigenvalue weighted by atomic mass is 32.2. The van der Waals surface area contributed by atoms with Gasteiger partial charge in [0.1, 0.15) is 12.2 Å². The van der Waals surface area contributed by atoms with E-state index in [2.05, 4.69) is 36.6 Å². The topological polar surface area (TPSA) is 30.7 Å². The van der Waals surface area contributed by atoms with Crippen molar-refractivity contribution in [2.24, 2.45) is 0 Å². The second-order valence-corrected chi connectivity index (χ2v) is 11.6. The molecule has 0 unspecified atom stereocenters. The maximum Gasteiger partial charge on any atom is 0.138 e. The van der Waals surface area contributed by atoms with E-state index in [9.17, 15) is 0 Å². The number of nitrogens with zero attached hydrogens (tertiary/aromatic N) is 3. The van der Waals surface area contributed by atoms with Gasteiger partial charge < -0.3 is 0 Å². The zero-order valence-corrected chi connectivity index (χ0v) is 12.0. The molecular weight excluding hydrogens is 222 g/mol. The molecule has 1 aromatic rings. The van der Waals surface area contributed by atoms with E-state index in [-0.39, 0.29) is 0 Å². The molecule has 86 valence electrons. The molecule has 3 nitrogen and oxygen atoms in total. The first-order valence-electron chi connectivity index (χ1n) is 5.47. The summed E-state index contributed by atoms with van der Waals surface area (Å²) >= 11 is 1.98. The second-order valence-electron chi connectivity index (χ2n) is 4.86. The Labute approximate surface area is 97.7 Å². The number of rotatable bonds is 6. The predicted molar refractivity (Wildman–Crippen MR) is 70.0 cm³/mol. The van der Waals surface area contributed by atoms with Gasteiger partial charge in [0.25, 0.3) is 0 Å². The van der Waals surface area contributed by atoms with Gasteiger partial charge in [-0.2, -0.15) is 16.9 Å². The lowest BCUT2D eigenvalue weighted by atomic mass is 10.6. The van der Waals surface area contributed by atoms with Gasteiger partial charge in [-0.25, -0.2) is 9.67 Å². The third kappa shape index (κ3) is 4.84. The lowest BCUT2D eigenvalue weighted by Crippen LogP contribution is -2.19.